The van der Waals surface area contributed by atoms with Crippen LogP contribution < -0.4 is 5.32 Å². The predicted octanol–water partition coefficient (Wildman–Crippen LogP) is 2.37. The van der Waals surface area contributed by atoms with Crippen molar-refractivity contribution in [1.29, 1.82) is 0 Å². The normalized spacial score (nSPS) is 15.8. The molecule has 1 heterocycles. The molecular formula is C15H25N3OS. The predicted molar refractivity (Wildman–Crippen MR) is 84.1 cm³/mol. The van der Waals surface area contributed by atoms with Crippen LogP contribution in [0.15, 0.2) is 0 Å². The van der Waals surface area contributed by atoms with Crippen LogP contribution in [-0.2, 0) is 18.3 Å². The minimum absolute atomic E-state index is 0.108. The molecule has 0 saturated heterocycles. The molecule has 5 heteroatoms. The minimum atomic E-state index is 0.108. The van der Waals surface area contributed by atoms with Crippen molar-refractivity contribution in [2.75, 3.05) is 12.3 Å². The molecule has 0 aliphatic heterocycles. The van der Waals surface area contributed by atoms with Gasteiger partial charge in [-0.1, -0.05) is 12.8 Å². The van der Waals surface area contributed by atoms with Gasteiger partial charge in [0.15, 0.2) is 0 Å². The molecule has 1 aromatic heterocycles. The molecule has 0 atom stereocenters. The summed E-state index contributed by atoms with van der Waals surface area (Å²) in [4.78, 5) is 12.0. The van der Waals surface area contributed by atoms with E-state index in [1.807, 2.05) is 37.3 Å². The third kappa shape index (κ3) is 4.01. The van der Waals surface area contributed by atoms with Gasteiger partial charge in [-0.05, 0) is 26.7 Å². The molecule has 4 nitrogen and oxygen atoms in total. The molecule has 0 radical (unpaired) electrons. The van der Waals surface area contributed by atoms with Crippen LogP contribution in [0.4, 0.5) is 0 Å². The number of thioether (sulfide) groups is 1. The molecule has 1 amide bonds. The second-order valence-corrected chi connectivity index (χ2v) is 6.99. The van der Waals surface area contributed by atoms with Crippen molar-refractivity contribution in [3.05, 3.63) is 17.0 Å². The summed E-state index contributed by atoms with van der Waals surface area (Å²) in [6, 6.07) is 0. The average molecular weight is 295 g/mol. The zero-order chi connectivity index (χ0) is 14.5. The van der Waals surface area contributed by atoms with Gasteiger partial charge in [0.25, 0.3) is 0 Å². The van der Waals surface area contributed by atoms with Gasteiger partial charge >= 0.3 is 0 Å². The van der Waals surface area contributed by atoms with Gasteiger partial charge in [0.2, 0.25) is 5.91 Å². The Hall–Kier alpha value is -0.970. The van der Waals surface area contributed by atoms with Gasteiger partial charge in [-0.2, -0.15) is 16.9 Å². The number of hydrogen-bond donors (Lipinski definition) is 1. The summed E-state index contributed by atoms with van der Waals surface area (Å²) in [6.45, 7) is 4.75. The van der Waals surface area contributed by atoms with E-state index in [0.717, 1.165) is 34.5 Å². The standard InChI is InChI=1S/C15H25N3OS/c1-11-14(12(2)18(3)17-11)10-15(19)16-8-9-20-13-6-4-5-7-13/h13H,4-10H2,1-3H3,(H,16,19). The quantitative estimate of drug-likeness (QED) is 0.820. The van der Waals surface area contributed by atoms with E-state index < -0.39 is 0 Å². The molecule has 1 N–H and O–H groups in total. The molecule has 0 unspecified atom stereocenters. The highest BCUT2D eigenvalue weighted by atomic mass is 32.2. The van der Waals surface area contributed by atoms with E-state index in [1.54, 1.807) is 0 Å². The zero-order valence-corrected chi connectivity index (χ0v) is 13.6. The molecular weight excluding hydrogens is 270 g/mol. The van der Waals surface area contributed by atoms with E-state index >= 15 is 0 Å². The number of amides is 1. The second kappa shape index (κ2) is 7.16. The SMILES string of the molecule is Cc1nn(C)c(C)c1CC(=O)NCCSC1CCCC1. The first-order chi connectivity index (χ1) is 9.58. The summed E-state index contributed by atoms with van der Waals surface area (Å²) in [5, 5.41) is 8.20. The Labute approximate surface area is 125 Å². The van der Waals surface area contributed by atoms with E-state index in [2.05, 4.69) is 10.4 Å². The molecule has 1 aliphatic rings. The number of aromatic nitrogens is 2. The zero-order valence-electron chi connectivity index (χ0n) is 12.7. The minimum Gasteiger partial charge on any atom is -0.355 e. The number of carbonyl (C=O) groups excluding carboxylic acids is 1. The van der Waals surface area contributed by atoms with Crippen molar-refractivity contribution in [2.24, 2.45) is 7.05 Å². The summed E-state index contributed by atoms with van der Waals surface area (Å²) in [5.74, 6) is 1.14. The fourth-order valence-electron chi connectivity index (χ4n) is 2.77. The van der Waals surface area contributed by atoms with Crippen molar-refractivity contribution in [2.45, 2.75) is 51.2 Å². The van der Waals surface area contributed by atoms with E-state index in [1.165, 1.54) is 25.7 Å². The van der Waals surface area contributed by atoms with Gasteiger partial charge in [0.05, 0.1) is 12.1 Å². The Balaban J connectivity index is 1.69. The van der Waals surface area contributed by atoms with Crippen molar-refractivity contribution >= 4 is 17.7 Å². The highest BCUT2D eigenvalue weighted by Gasteiger charge is 2.15. The smallest absolute Gasteiger partial charge is 0.224 e. The monoisotopic (exact) mass is 295 g/mol. The molecule has 1 aliphatic carbocycles. The third-order valence-corrected chi connectivity index (χ3v) is 5.46. The Morgan fingerprint density at radius 1 is 1.40 bits per heavy atom. The summed E-state index contributed by atoms with van der Waals surface area (Å²) in [7, 11) is 1.92. The lowest BCUT2D eigenvalue weighted by atomic mass is 10.1. The van der Waals surface area contributed by atoms with Gasteiger partial charge < -0.3 is 5.32 Å². The van der Waals surface area contributed by atoms with E-state index in [4.69, 9.17) is 0 Å². The summed E-state index contributed by atoms with van der Waals surface area (Å²) >= 11 is 2.01. The first-order valence-electron chi connectivity index (χ1n) is 7.45. The molecule has 0 aromatic carbocycles. The van der Waals surface area contributed by atoms with Gasteiger partial charge in [0, 0.05) is 35.9 Å². The molecule has 2 rings (SSSR count). The third-order valence-electron chi connectivity index (χ3n) is 4.08. The van der Waals surface area contributed by atoms with Crippen LogP contribution in [0, 0.1) is 13.8 Å². The molecule has 0 bridgehead atoms. The highest BCUT2D eigenvalue weighted by molar-refractivity contribution is 7.99. The Morgan fingerprint density at radius 2 is 2.10 bits per heavy atom. The average Bonchev–Trinajstić information content (AvgIpc) is 3.00. The molecule has 1 fully saturated rings. The molecule has 0 spiro atoms. The van der Waals surface area contributed by atoms with Crippen LogP contribution >= 0.6 is 11.8 Å². The van der Waals surface area contributed by atoms with Crippen molar-refractivity contribution < 1.29 is 4.79 Å². The van der Waals surface area contributed by atoms with Gasteiger partial charge in [-0.3, -0.25) is 9.48 Å². The fourth-order valence-corrected chi connectivity index (χ4v) is 3.99. The summed E-state index contributed by atoms with van der Waals surface area (Å²) in [5.41, 5.74) is 3.10. The number of aryl methyl sites for hydroxylation is 2. The number of rotatable bonds is 6. The maximum Gasteiger partial charge on any atom is 0.224 e. The number of nitrogens with one attached hydrogen (secondary N) is 1. The van der Waals surface area contributed by atoms with Crippen molar-refractivity contribution in [3.63, 3.8) is 0 Å². The van der Waals surface area contributed by atoms with Crippen molar-refractivity contribution in [3.8, 4) is 0 Å². The van der Waals surface area contributed by atoms with E-state index in [9.17, 15) is 4.79 Å². The summed E-state index contributed by atoms with van der Waals surface area (Å²) in [6.07, 6.45) is 5.91. The van der Waals surface area contributed by atoms with Crippen LogP contribution in [-0.4, -0.2) is 33.2 Å². The highest BCUT2D eigenvalue weighted by Crippen LogP contribution is 2.28. The van der Waals surface area contributed by atoms with E-state index in [-0.39, 0.29) is 5.91 Å². The lowest BCUT2D eigenvalue weighted by molar-refractivity contribution is -0.120. The lowest BCUT2D eigenvalue weighted by Crippen LogP contribution is -2.28. The van der Waals surface area contributed by atoms with Gasteiger partial charge in [-0.15, -0.1) is 0 Å². The van der Waals surface area contributed by atoms with Crippen LogP contribution in [0.3, 0.4) is 0 Å². The second-order valence-electron chi connectivity index (χ2n) is 5.58. The van der Waals surface area contributed by atoms with Crippen LogP contribution in [0.2, 0.25) is 0 Å². The first kappa shape index (κ1) is 15.4. The van der Waals surface area contributed by atoms with E-state index in [0.29, 0.717) is 6.42 Å². The number of hydrogen-bond acceptors (Lipinski definition) is 3. The van der Waals surface area contributed by atoms with Gasteiger partial charge in [-0.25, -0.2) is 0 Å². The first-order valence-corrected chi connectivity index (χ1v) is 8.50. The fraction of sp³-hybridized carbons (Fsp3) is 0.733. The maximum absolute atomic E-state index is 12.0. The molecule has 1 saturated carbocycles. The Morgan fingerprint density at radius 3 is 2.70 bits per heavy atom. The largest absolute Gasteiger partial charge is 0.355 e. The Bertz CT molecular complexity index is 464. The van der Waals surface area contributed by atoms with Crippen LogP contribution in [0.5, 0.6) is 0 Å². The topological polar surface area (TPSA) is 46.9 Å². The molecule has 112 valence electrons. The molecule has 20 heavy (non-hydrogen) atoms. The number of carbonyl (C=O) groups is 1. The Kier molecular flexibility index (Phi) is 5.52. The summed E-state index contributed by atoms with van der Waals surface area (Å²) < 4.78 is 1.84. The molecule has 1 aromatic rings. The van der Waals surface area contributed by atoms with Crippen LogP contribution in [0.1, 0.15) is 42.6 Å². The maximum atomic E-state index is 12.0. The lowest BCUT2D eigenvalue weighted by Gasteiger charge is -2.09. The van der Waals surface area contributed by atoms with Gasteiger partial charge in [0.1, 0.15) is 0 Å². The van der Waals surface area contributed by atoms with Crippen molar-refractivity contribution in [1.82, 2.24) is 15.1 Å². The number of nitrogens with zero attached hydrogens (tertiary/aromatic N) is 2. The van der Waals surface area contributed by atoms with Crippen LogP contribution in [0.25, 0.3) is 0 Å².